The molecule has 3 rings (SSSR count). The molecule has 0 amide bonds. The van der Waals surface area contributed by atoms with Crippen LogP contribution in [0.15, 0.2) is 29.7 Å². The summed E-state index contributed by atoms with van der Waals surface area (Å²) in [6.07, 6.45) is 6.62. The molecule has 0 fully saturated rings. The maximum atomic E-state index is 14.4. The Kier molecular flexibility index (Phi) is 6.20. The first-order chi connectivity index (χ1) is 13.0. The molecule has 0 radical (unpaired) electrons. The van der Waals surface area contributed by atoms with Gasteiger partial charge in [0.05, 0.1) is 12.3 Å². The SMILES string of the molecule is CCON=C1CCc2cc(OCCCCCN3C=CNS3(=O)=O)cc(F)c21. The monoisotopic (exact) mass is 397 g/mol. The van der Waals surface area contributed by atoms with E-state index in [1.165, 1.54) is 22.8 Å². The topological polar surface area (TPSA) is 80.2 Å². The number of nitrogens with one attached hydrogen (secondary N) is 1. The van der Waals surface area contributed by atoms with E-state index in [0.717, 1.165) is 31.2 Å². The number of benzene rings is 1. The molecule has 0 atom stereocenters. The lowest BCUT2D eigenvalue weighted by molar-refractivity contribution is 0.158. The van der Waals surface area contributed by atoms with E-state index in [-0.39, 0.29) is 5.82 Å². The van der Waals surface area contributed by atoms with Gasteiger partial charge in [-0.15, -0.1) is 0 Å². The van der Waals surface area contributed by atoms with Gasteiger partial charge in [-0.3, -0.25) is 9.03 Å². The molecule has 0 aromatic heterocycles. The van der Waals surface area contributed by atoms with E-state index in [9.17, 15) is 12.8 Å². The molecule has 0 unspecified atom stereocenters. The fourth-order valence-electron chi connectivity index (χ4n) is 3.13. The predicted molar refractivity (Wildman–Crippen MR) is 100 cm³/mol. The van der Waals surface area contributed by atoms with Gasteiger partial charge < -0.3 is 9.57 Å². The number of rotatable bonds is 9. The van der Waals surface area contributed by atoms with Crippen LogP contribution in [-0.4, -0.2) is 38.2 Å². The van der Waals surface area contributed by atoms with Gasteiger partial charge in [0.1, 0.15) is 18.2 Å². The van der Waals surface area contributed by atoms with Gasteiger partial charge in [0.2, 0.25) is 0 Å². The van der Waals surface area contributed by atoms with Gasteiger partial charge in [-0.2, -0.15) is 8.42 Å². The van der Waals surface area contributed by atoms with Gasteiger partial charge >= 0.3 is 10.2 Å². The van der Waals surface area contributed by atoms with Crippen molar-refractivity contribution >= 4 is 15.9 Å². The minimum Gasteiger partial charge on any atom is -0.493 e. The average molecular weight is 397 g/mol. The highest BCUT2D eigenvalue weighted by Crippen LogP contribution is 2.30. The summed E-state index contributed by atoms with van der Waals surface area (Å²) in [6, 6.07) is 3.25. The highest BCUT2D eigenvalue weighted by molar-refractivity contribution is 7.87. The van der Waals surface area contributed by atoms with Crippen LogP contribution in [0.4, 0.5) is 4.39 Å². The first-order valence-corrected chi connectivity index (χ1v) is 10.6. The number of unbranched alkanes of at least 4 members (excludes halogenated alkanes) is 2. The molecule has 2 aliphatic rings. The number of ether oxygens (including phenoxy) is 1. The average Bonchev–Trinajstić information content (AvgIpc) is 3.19. The zero-order valence-corrected chi connectivity index (χ0v) is 16.1. The minimum atomic E-state index is -3.36. The molecule has 0 saturated carbocycles. The number of nitrogens with zero attached hydrogens (tertiary/aromatic N) is 2. The molecule has 7 nitrogen and oxygen atoms in total. The number of aryl methyl sites for hydroxylation is 1. The molecular formula is C18H24FN3O4S. The fraction of sp³-hybridized carbons (Fsp3) is 0.500. The molecule has 27 heavy (non-hydrogen) atoms. The third-order valence-electron chi connectivity index (χ3n) is 4.43. The van der Waals surface area contributed by atoms with Gasteiger partial charge in [0.15, 0.2) is 0 Å². The summed E-state index contributed by atoms with van der Waals surface area (Å²) in [5.74, 6) is 0.176. The summed E-state index contributed by atoms with van der Waals surface area (Å²) < 4.78 is 46.8. The van der Waals surface area contributed by atoms with Crippen molar-refractivity contribution in [1.29, 1.82) is 0 Å². The normalized spacial score (nSPS) is 18.6. The van der Waals surface area contributed by atoms with Crippen molar-refractivity contribution in [2.45, 2.75) is 39.0 Å². The molecular weight excluding hydrogens is 373 g/mol. The van der Waals surface area contributed by atoms with E-state index >= 15 is 0 Å². The molecule has 9 heteroatoms. The van der Waals surface area contributed by atoms with Gasteiger partial charge in [-0.25, -0.2) is 4.39 Å². The zero-order valence-electron chi connectivity index (χ0n) is 15.3. The molecule has 0 spiro atoms. The maximum Gasteiger partial charge on any atom is 0.323 e. The quantitative estimate of drug-likeness (QED) is 0.513. The number of fused-ring (bicyclic) bond motifs is 1. The van der Waals surface area contributed by atoms with Crippen LogP contribution in [0.3, 0.4) is 0 Å². The summed E-state index contributed by atoms with van der Waals surface area (Å²) in [4.78, 5) is 5.05. The third kappa shape index (κ3) is 4.71. The molecule has 0 saturated heterocycles. The van der Waals surface area contributed by atoms with E-state index in [2.05, 4.69) is 9.88 Å². The summed E-state index contributed by atoms with van der Waals surface area (Å²) in [6.45, 7) is 3.18. The number of hydrogen-bond donors (Lipinski definition) is 1. The fourth-order valence-corrected chi connectivity index (χ4v) is 4.09. The van der Waals surface area contributed by atoms with Crippen LogP contribution in [0.25, 0.3) is 0 Å². The van der Waals surface area contributed by atoms with Crippen LogP contribution >= 0.6 is 0 Å². The van der Waals surface area contributed by atoms with Crippen molar-refractivity contribution in [3.8, 4) is 5.75 Å². The second-order valence-electron chi connectivity index (χ2n) is 6.35. The highest BCUT2D eigenvalue weighted by atomic mass is 32.2. The number of halogens is 1. The van der Waals surface area contributed by atoms with E-state index < -0.39 is 10.2 Å². The minimum absolute atomic E-state index is 0.336. The van der Waals surface area contributed by atoms with Gasteiger partial charge in [-0.1, -0.05) is 5.16 Å². The first kappa shape index (κ1) is 19.5. The lowest BCUT2D eigenvalue weighted by Crippen LogP contribution is -2.29. The van der Waals surface area contributed by atoms with Crippen LogP contribution in [0.1, 0.15) is 43.7 Å². The molecule has 1 aliphatic heterocycles. The molecule has 1 aromatic rings. The van der Waals surface area contributed by atoms with Crippen molar-refractivity contribution in [2.24, 2.45) is 5.16 Å². The molecule has 1 aliphatic carbocycles. The maximum absolute atomic E-state index is 14.4. The Labute approximate surface area is 159 Å². The van der Waals surface area contributed by atoms with E-state index in [1.54, 1.807) is 0 Å². The summed E-state index contributed by atoms with van der Waals surface area (Å²) in [5.41, 5.74) is 2.07. The van der Waals surface area contributed by atoms with Crippen molar-refractivity contribution in [3.05, 3.63) is 41.5 Å². The number of oxime groups is 1. The smallest absolute Gasteiger partial charge is 0.323 e. The Bertz CT molecular complexity index is 839. The van der Waals surface area contributed by atoms with Gasteiger partial charge in [-0.05, 0) is 50.7 Å². The first-order valence-electron chi connectivity index (χ1n) is 9.11. The summed E-state index contributed by atoms with van der Waals surface area (Å²) >= 11 is 0. The largest absolute Gasteiger partial charge is 0.493 e. The van der Waals surface area contributed by atoms with E-state index in [0.29, 0.717) is 43.2 Å². The molecule has 0 bridgehead atoms. The second-order valence-corrected chi connectivity index (χ2v) is 8.01. The standard InChI is InChI=1S/C18H24FN3O4S/c1-2-26-21-17-7-6-14-12-15(13-16(19)18(14)17)25-11-5-3-4-9-22-10-8-20-27(22,23)24/h8,10,12-13,20H,2-7,9,11H2,1H3. The molecule has 1 heterocycles. The summed E-state index contributed by atoms with van der Waals surface area (Å²) in [7, 11) is -3.36. The van der Waals surface area contributed by atoms with Crippen molar-refractivity contribution in [1.82, 2.24) is 9.03 Å². The van der Waals surface area contributed by atoms with Crippen molar-refractivity contribution in [3.63, 3.8) is 0 Å². The lowest BCUT2D eigenvalue weighted by Gasteiger charge is -2.14. The Hall–Kier alpha value is -2.29. The molecule has 148 valence electrons. The van der Waals surface area contributed by atoms with Crippen LogP contribution < -0.4 is 9.46 Å². The Balaban J connectivity index is 1.44. The van der Waals surface area contributed by atoms with Gasteiger partial charge in [0.25, 0.3) is 0 Å². The molecule has 1 aromatic carbocycles. The second kappa shape index (κ2) is 8.60. The van der Waals surface area contributed by atoms with Crippen LogP contribution in [0.5, 0.6) is 5.75 Å². The van der Waals surface area contributed by atoms with Crippen LogP contribution in [0, 0.1) is 5.82 Å². The van der Waals surface area contributed by atoms with Crippen molar-refractivity contribution in [2.75, 3.05) is 19.8 Å². The summed E-state index contributed by atoms with van der Waals surface area (Å²) in [5, 5.41) is 3.99. The molecule has 1 N–H and O–H groups in total. The Morgan fingerprint density at radius 2 is 2.11 bits per heavy atom. The Morgan fingerprint density at radius 1 is 1.26 bits per heavy atom. The van der Waals surface area contributed by atoms with Crippen LogP contribution in [0.2, 0.25) is 0 Å². The lowest BCUT2D eigenvalue weighted by atomic mass is 10.1. The third-order valence-corrected chi connectivity index (χ3v) is 5.78. The number of hydrogen-bond acceptors (Lipinski definition) is 5. The predicted octanol–water partition coefficient (Wildman–Crippen LogP) is 2.68. The van der Waals surface area contributed by atoms with Gasteiger partial charge in [0, 0.05) is 30.6 Å². The van der Waals surface area contributed by atoms with E-state index in [4.69, 9.17) is 9.57 Å². The Morgan fingerprint density at radius 3 is 2.85 bits per heavy atom. The van der Waals surface area contributed by atoms with Crippen LogP contribution in [-0.2, 0) is 21.5 Å². The van der Waals surface area contributed by atoms with E-state index in [1.807, 2.05) is 13.0 Å². The van der Waals surface area contributed by atoms with Crippen molar-refractivity contribution < 1.29 is 22.4 Å². The zero-order chi connectivity index (χ0) is 19.3. The highest BCUT2D eigenvalue weighted by Gasteiger charge is 2.24.